The fraction of sp³-hybridized carbons (Fsp3) is 0.519. The van der Waals surface area contributed by atoms with Crippen LogP contribution in [0.1, 0.15) is 39.5 Å². The van der Waals surface area contributed by atoms with Crippen LogP contribution in [0.5, 0.6) is 11.5 Å². The van der Waals surface area contributed by atoms with E-state index in [1.807, 2.05) is 42.5 Å². The van der Waals surface area contributed by atoms with Crippen LogP contribution >= 0.6 is 0 Å². The topological polar surface area (TPSA) is 51.0 Å². The van der Waals surface area contributed by atoms with E-state index in [-0.39, 0.29) is 0 Å². The third-order valence-electron chi connectivity index (χ3n) is 5.58. The van der Waals surface area contributed by atoms with Gasteiger partial charge in [0.05, 0.1) is 13.2 Å². The predicted molar refractivity (Wildman–Crippen MR) is 135 cm³/mol. The Balaban J connectivity index is 1.50. The molecule has 0 amide bonds. The Morgan fingerprint density at radius 1 is 0.758 bits per heavy atom. The Morgan fingerprint density at radius 3 is 1.94 bits per heavy atom. The summed E-state index contributed by atoms with van der Waals surface area (Å²) >= 11 is 0. The predicted octanol–water partition coefficient (Wildman–Crippen LogP) is 5.72. The molecule has 0 N–H and O–H groups in total. The number of ether oxygens (including phenoxy) is 2. The fourth-order valence-corrected chi connectivity index (χ4v) is 3.85. The van der Waals surface area contributed by atoms with Gasteiger partial charge in [0.2, 0.25) is 5.89 Å². The average Bonchev–Trinajstić information content (AvgIpc) is 3.24. The molecule has 0 aliphatic carbocycles. The monoisotopic (exact) mass is 453 g/mol. The lowest BCUT2D eigenvalue weighted by Gasteiger charge is -2.15. The molecule has 0 fully saturated rings. The molecule has 2 aromatic carbocycles. The number of aromatic nitrogens is 1. The molecule has 0 aliphatic heterocycles. The molecular weight excluding hydrogens is 414 g/mol. The van der Waals surface area contributed by atoms with E-state index >= 15 is 0 Å². The van der Waals surface area contributed by atoms with Gasteiger partial charge in [-0.1, -0.05) is 13.8 Å². The molecule has 0 unspecified atom stereocenters. The van der Waals surface area contributed by atoms with Crippen LogP contribution in [0, 0.1) is 0 Å². The van der Waals surface area contributed by atoms with Crippen molar-refractivity contribution in [3.63, 3.8) is 0 Å². The molecule has 180 valence electrons. The van der Waals surface area contributed by atoms with Crippen molar-refractivity contribution in [2.24, 2.45) is 0 Å². The second-order valence-corrected chi connectivity index (χ2v) is 8.68. The van der Waals surface area contributed by atoms with Gasteiger partial charge in [-0.25, -0.2) is 4.98 Å². The lowest BCUT2D eigenvalue weighted by Crippen LogP contribution is -2.21. The molecule has 3 aromatic rings. The molecule has 3 rings (SSSR count). The second kappa shape index (κ2) is 13.2. The molecule has 0 saturated heterocycles. The van der Waals surface area contributed by atoms with Gasteiger partial charge in [0, 0.05) is 24.7 Å². The highest BCUT2D eigenvalue weighted by Crippen LogP contribution is 2.28. The molecule has 1 aromatic heterocycles. The Kier molecular flexibility index (Phi) is 10.0. The van der Waals surface area contributed by atoms with E-state index in [1.165, 1.54) is 12.8 Å². The first-order valence-electron chi connectivity index (χ1n) is 12.2. The van der Waals surface area contributed by atoms with E-state index in [4.69, 9.17) is 13.9 Å². The number of fused-ring (bicyclic) bond motifs is 1. The number of hydrogen-bond donors (Lipinski definition) is 0. The van der Waals surface area contributed by atoms with Crippen LogP contribution in [-0.2, 0) is 0 Å². The summed E-state index contributed by atoms with van der Waals surface area (Å²) in [5, 5.41) is 0. The summed E-state index contributed by atoms with van der Waals surface area (Å²) in [6, 6.07) is 13.8. The molecule has 0 aliphatic rings. The van der Waals surface area contributed by atoms with Crippen molar-refractivity contribution in [3.8, 4) is 23.0 Å². The lowest BCUT2D eigenvalue weighted by atomic mass is 10.2. The molecule has 0 radical (unpaired) electrons. The van der Waals surface area contributed by atoms with E-state index < -0.39 is 0 Å². The molecule has 6 heteroatoms. The van der Waals surface area contributed by atoms with Crippen LogP contribution in [0.4, 0.5) is 0 Å². The maximum atomic E-state index is 6.01. The average molecular weight is 454 g/mol. The Hall–Kier alpha value is -2.57. The molecule has 0 saturated carbocycles. The van der Waals surface area contributed by atoms with Gasteiger partial charge in [-0.05, 0) is 89.3 Å². The van der Waals surface area contributed by atoms with Crippen molar-refractivity contribution >= 4 is 11.1 Å². The van der Waals surface area contributed by atoms with Crippen LogP contribution in [0.2, 0.25) is 0 Å². The first-order valence-corrected chi connectivity index (χ1v) is 12.2. The van der Waals surface area contributed by atoms with Gasteiger partial charge < -0.3 is 23.7 Å². The number of benzene rings is 2. The maximum absolute atomic E-state index is 6.01. The largest absolute Gasteiger partial charge is 0.494 e. The SMILES string of the molecule is CCCN(C)CCCOc1ccc(-c2nc3ccc(OCCCN(C)CCC)cc3o2)cc1. The van der Waals surface area contributed by atoms with Crippen molar-refractivity contribution in [3.05, 3.63) is 42.5 Å². The minimum absolute atomic E-state index is 0.607. The standard InChI is InChI=1S/C27H39N3O3/c1-5-15-29(3)17-7-19-31-23-11-9-22(10-12-23)27-28-25-14-13-24(21-26(25)33-27)32-20-8-18-30(4)16-6-2/h9-14,21H,5-8,15-20H2,1-4H3. The van der Waals surface area contributed by atoms with Crippen molar-refractivity contribution in [2.75, 3.05) is 53.5 Å². The summed E-state index contributed by atoms with van der Waals surface area (Å²) in [6.45, 7) is 10.2. The summed E-state index contributed by atoms with van der Waals surface area (Å²) in [5.74, 6) is 2.29. The van der Waals surface area contributed by atoms with E-state index in [1.54, 1.807) is 0 Å². The molecule has 0 atom stereocenters. The summed E-state index contributed by atoms with van der Waals surface area (Å²) in [5.41, 5.74) is 2.50. The molecule has 6 nitrogen and oxygen atoms in total. The van der Waals surface area contributed by atoms with Gasteiger partial charge in [-0.3, -0.25) is 0 Å². The second-order valence-electron chi connectivity index (χ2n) is 8.68. The minimum Gasteiger partial charge on any atom is -0.494 e. The Labute approximate surface area is 198 Å². The van der Waals surface area contributed by atoms with Crippen LogP contribution in [0.15, 0.2) is 46.9 Å². The highest BCUT2D eigenvalue weighted by atomic mass is 16.5. The normalized spacial score (nSPS) is 11.6. The Bertz CT molecular complexity index is 955. The zero-order chi connectivity index (χ0) is 23.5. The fourth-order valence-electron chi connectivity index (χ4n) is 3.85. The van der Waals surface area contributed by atoms with Crippen LogP contribution in [-0.4, -0.2) is 68.3 Å². The van der Waals surface area contributed by atoms with E-state index in [9.17, 15) is 0 Å². The number of oxazole rings is 1. The third-order valence-corrected chi connectivity index (χ3v) is 5.58. The number of rotatable bonds is 15. The van der Waals surface area contributed by atoms with Gasteiger partial charge in [-0.15, -0.1) is 0 Å². The first-order chi connectivity index (χ1) is 16.1. The van der Waals surface area contributed by atoms with Crippen molar-refractivity contribution in [1.82, 2.24) is 14.8 Å². The smallest absolute Gasteiger partial charge is 0.227 e. The zero-order valence-electron chi connectivity index (χ0n) is 20.7. The molecular formula is C27H39N3O3. The van der Waals surface area contributed by atoms with E-state index in [0.29, 0.717) is 19.1 Å². The van der Waals surface area contributed by atoms with Gasteiger partial charge in [0.15, 0.2) is 5.58 Å². The third kappa shape index (κ3) is 8.06. The van der Waals surface area contributed by atoms with Crippen LogP contribution in [0.25, 0.3) is 22.6 Å². The maximum Gasteiger partial charge on any atom is 0.227 e. The lowest BCUT2D eigenvalue weighted by molar-refractivity contribution is 0.263. The van der Waals surface area contributed by atoms with Gasteiger partial charge in [0.1, 0.15) is 17.0 Å². The first kappa shape index (κ1) is 25.1. The Morgan fingerprint density at radius 2 is 1.33 bits per heavy atom. The summed E-state index contributed by atoms with van der Waals surface area (Å²) in [6.07, 6.45) is 4.37. The zero-order valence-corrected chi connectivity index (χ0v) is 20.7. The van der Waals surface area contributed by atoms with Gasteiger partial charge >= 0.3 is 0 Å². The van der Waals surface area contributed by atoms with E-state index in [0.717, 1.165) is 67.2 Å². The number of hydrogen-bond acceptors (Lipinski definition) is 6. The minimum atomic E-state index is 0.607. The molecule has 33 heavy (non-hydrogen) atoms. The summed E-state index contributed by atoms with van der Waals surface area (Å²) in [7, 11) is 4.30. The molecule has 0 bridgehead atoms. The highest BCUT2D eigenvalue weighted by molar-refractivity contribution is 5.77. The molecule has 0 spiro atoms. The highest BCUT2D eigenvalue weighted by Gasteiger charge is 2.10. The van der Waals surface area contributed by atoms with Gasteiger partial charge in [-0.2, -0.15) is 0 Å². The van der Waals surface area contributed by atoms with E-state index in [2.05, 4.69) is 42.7 Å². The van der Waals surface area contributed by atoms with Crippen molar-refractivity contribution in [1.29, 1.82) is 0 Å². The van der Waals surface area contributed by atoms with Crippen LogP contribution < -0.4 is 9.47 Å². The number of nitrogens with zero attached hydrogens (tertiary/aromatic N) is 3. The van der Waals surface area contributed by atoms with Crippen LogP contribution in [0.3, 0.4) is 0 Å². The van der Waals surface area contributed by atoms with Gasteiger partial charge in [0.25, 0.3) is 0 Å². The molecule has 1 heterocycles. The quantitative estimate of drug-likeness (QED) is 0.275. The van der Waals surface area contributed by atoms with Crippen molar-refractivity contribution < 1.29 is 13.9 Å². The van der Waals surface area contributed by atoms with Crippen molar-refractivity contribution in [2.45, 2.75) is 39.5 Å². The summed E-state index contributed by atoms with van der Waals surface area (Å²) in [4.78, 5) is 9.30. The summed E-state index contributed by atoms with van der Waals surface area (Å²) < 4.78 is 17.8.